The predicted octanol–water partition coefficient (Wildman–Crippen LogP) is 3.47. The number of likely N-dealkylation sites (tertiary alicyclic amines) is 2. The summed E-state index contributed by atoms with van der Waals surface area (Å²) in [6, 6.07) is 9.06. The third-order valence-corrected chi connectivity index (χ3v) is 6.35. The molecule has 0 aliphatic carbocycles. The maximum atomic E-state index is 10.8. The minimum Gasteiger partial charge on any atom is -0.390 e. The Balaban J connectivity index is 1.43. The first-order chi connectivity index (χ1) is 12.8. The maximum Gasteiger partial charge on any atom is 0.0822 e. The van der Waals surface area contributed by atoms with Crippen LogP contribution in [0, 0.1) is 0 Å². The highest BCUT2D eigenvalue weighted by molar-refractivity contribution is 5.83. The minimum absolute atomic E-state index is 0.221. The Kier molecular flexibility index (Phi) is 5.63. The number of benzene rings is 1. The predicted molar refractivity (Wildman–Crippen MR) is 107 cm³/mol. The van der Waals surface area contributed by atoms with Gasteiger partial charge in [-0.05, 0) is 50.9 Å². The van der Waals surface area contributed by atoms with Gasteiger partial charge in [0.15, 0.2) is 0 Å². The van der Waals surface area contributed by atoms with Crippen LogP contribution in [0.5, 0.6) is 0 Å². The highest BCUT2D eigenvalue weighted by Gasteiger charge is 2.32. The van der Waals surface area contributed by atoms with Crippen molar-refractivity contribution in [1.29, 1.82) is 0 Å². The summed E-state index contributed by atoms with van der Waals surface area (Å²) in [6.07, 6.45) is 8.47. The molecule has 1 N–H and O–H groups in total. The van der Waals surface area contributed by atoms with Crippen LogP contribution in [0.25, 0.3) is 10.9 Å². The molecule has 2 atom stereocenters. The molecule has 0 radical (unpaired) electrons. The molecule has 0 bridgehead atoms. The Labute approximate surface area is 157 Å². The van der Waals surface area contributed by atoms with E-state index in [0.29, 0.717) is 6.04 Å². The van der Waals surface area contributed by atoms with Gasteiger partial charge in [0.1, 0.15) is 0 Å². The van der Waals surface area contributed by atoms with Gasteiger partial charge in [0.2, 0.25) is 0 Å². The van der Waals surface area contributed by atoms with Crippen molar-refractivity contribution >= 4 is 10.9 Å². The second-order valence-electron chi connectivity index (χ2n) is 8.07. The van der Waals surface area contributed by atoms with Gasteiger partial charge in [-0.1, -0.05) is 31.0 Å². The topological polar surface area (TPSA) is 31.6 Å². The van der Waals surface area contributed by atoms with Gasteiger partial charge in [-0.25, -0.2) is 0 Å². The second kappa shape index (κ2) is 8.12. The Morgan fingerprint density at radius 1 is 1.04 bits per heavy atom. The number of aromatic nitrogens is 1. The van der Waals surface area contributed by atoms with Crippen molar-refractivity contribution in [2.24, 2.45) is 0 Å². The van der Waals surface area contributed by atoms with E-state index in [9.17, 15) is 5.11 Å². The Morgan fingerprint density at radius 2 is 1.81 bits per heavy atom. The maximum absolute atomic E-state index is 10.8. The zero-order valence-electron chi connectivity index (χ0n) is 16.1. The molecule has 3 heterocycles. The van der Waals surface area contributed by atoms with Gasteiger partial charge in [-0.2, -0.15) is 0 Å². The van der Waals surface area contributed by atoms with Crippen LogP contribution < -0.4 is 0 Å². The molecule has 0 spiro atoms. The Hall–Kier alpha value is -1.36. The molecule has 2 aliphatic rings. The average molecular weight is 356 g/mol. The van der Waals surface area contributed by atoms with Gasteiger partial charge in [0.05, 0.1) is 6.10 Å². The summed E-state index contributed by atoms with van der Waals surface area (Å²) in [7, 11) is 0. The van der Waals surface area contributed by atoms with Crippen LogP contribution in [0.1, 0.15) is 44.6 Å². The number of para-hydroxylation sites is 1. The number of aliphatic hydroxyl groups is 1. The summed E-state index contributed by atoms with van der Waals surface area (Å²) >= 11 is 0. The molecule has 2 fully saturated rings. The number of hydrogen-bond donors (Lipinski definition) is 1. The van der Waals surface area contributed by atoms with E-state index in [-0.39, 0.29) is 6.10 Å². The van der Waals surface area contributed by atoms with E-state index in [1.165, 1.54) is 55.2 Å². The van der Waals surface area contributed by atoms with Crippen molar-refractivity contribution < 1.29 is 5.11 Å². The number of nitrogens with zero attached hydrogens (tertiary/aromatic N) is 3. The third-order valence-electron chi connectivity index (χ3n) is 6.35. The quantitative estimate of drug-likeness (QED) is 0.911. The fourth-order valence-electron chi connectivity index (χ4n) is 4.93. The minimum atomic E-state index is -0.221. The molecular weight excluding hydrogens is 322 g/mol. The van der Waals surface area contributed by atoms with Crippen molar-refractivity contribution in [3.8, 4) is 0 Å². The van der Waals surface area contributed by atoms with Crippen molar-refractivity contribution in [3.63, 3.8) is 0 Å². The first-order valence-electron chi connectivity index (χ1n) is 10.5. The van der Waals surface area contributed by atoms with Crippen molar-refractivity contribution in [1.82, 2.24) is 14.4 Å². The van der Waals surface area contributed by atoms with Crippen molar-refractivity contribution in [2.45, 2.75) is 64.3 Å². The lowest BCUT2D eigenvalue weighted by Gasteiger charge is -2.41. The fraction of sp³-hybridized carbons (Fsp3) is 0.636. The van der Waals surface area contributed by atoms with Gasteiger partial charge in [-0.3, -0.25) is 9.80 Å². The SMILES string of the molecule is CCn1cc(CN2CC[C@@H](N3CCCCCC3)[C@H](O)C2)c2ccccc21. The van der Waals surface area contributed by atoms with Gasteiger partial charge in [0, 0.05) is 49.3 Å². The van der Waals surface area contributed by atoms with E-state index in [2.05, 4.69) is 51.8 Å². The smallest absolute Gasteiger partial charge is 0.0822 e. The largest absolute Gasteiger partial charge is 0.390 e. The molecule has 1 aromatic carbocycles. The van der Waals surface area contributed by atoms with Crippen LogP contribution in [0.15, 0.2) is 30.5 Å². The van der Waals surface area contributed by atoms with E-state index >= 15 is 0 Å². The van der Waals surface area contributed by atoms with E-state index in [4.69, 9.17) is 0 Å². The normalized spacial score (nSPS) is 26.2. The van der Waals surface area contributed by atoms with E-state index in [0.717, 1.165) is 32.6 Å². The van der Waals surface area contributed by atoms with Crippen molar-refractivity contribution in [3.05, 3.63) is 36.0 Å². The molecule has 0 unspecified atom stereocenters. The van der Waals surface area contributed by atoms with Crippen LogP contribution >= 0.6 is 0 Å². The summed E-state index contributed by atoms with van der Waals surface area (Å²) in [4.78, 5) is 5.01. The highest BCUT2D eigenvalue weighted by Crippen LogP contribution is 2.26. The first-order valence-corrected chi connectivity index (χ1v) is 10.5. The Morgan fingerprint density at radius 3 is 2.54 bits per heavy atom. The zero-order valence-corrected chi connectivity index (χ0v) is 16.1. The summed E-state index contributed by atoms with van der Waals surface area (Å²) in [5.74, 6) is 0. The van der Waals surface area contributed by atoms with Crippen LogP contribution in [0.4, 0.5) is 0 Å². The number of piperidine rings is 1. The lowest BCUT2D eigenvalue weighted by Crippen LogP contribution is -2.54. The molecule has 4 nitrogen and oxygen atoms in total. The molecule has 1 aromatic heterocycles. The lowest BCUT2D eigenvalue weighted by molar-refractivity contribution is -0.0143. The molecule has 0 saturated carbocycles. The van der Waals surface area contributed by atoms with Gasteiger partial charge >= 0.3 is 0 Å². The second-order valence-corrected chi connectivity index (χ2v) is 8.07. The molecule has 142 valence electrons. The summed E-state index contributed by atoms with van der Waals surface area (Å²) in [6.45, 7) is 8.37. The first kappa shape index (κ1) is 18.0. The van der Waals surface area contributed by atoms with Gasteiger partial charge in [0.25, 0.3) is 0 Å². The van der Waals surface area contributed by atoms with Crippen LogP contribution in [-0.4, -0.2) is 57.8 Å². The number of fused-ring (bicyclic) bond motifs is 1. The fourth-order valence-corrected chi connectivity index (χ4v) is 4.93. The van der Waals surface area contributed by atoms with Crippen molar-refractivity contribution in [2.75, 3.05) is 26.2 Å². The highest BCUT2D eigenvalue weighted by atomic mass is 16.3. The summed E-state index contributed by atoms with van der Waals surface area (Å²) < 4.78 is 2.34. The van der Waals surface area contributed by atoms with Crippen LogP contribution in [0.2, 0.25) is 0 Å². The number of aryl methyl sites for hydroxylation is 1. The number of β-amino-alcohol motifs (C(OH)–C–C–N with tert-alkyl or cyclic N) is 1. The lowest BCUT2D eigenvalue weighted by atomic mass is 9.99. The van der Waals surface area contributed by atoms with E-state index in [1.807, 2.05) is 0 Å². The monoisotopic (exact) mass is 355 g/mol. The molecule has 4 rings (SSSR count). The zero-order chi connectivity index (χ0) is 17.9. The number of aliphatic hydroxyl groups excluding tert-OH is 1. The third kappa shape index (κ3) is 3.68. The standard InChI is InChI=1S/C22H33N3O/c1-2-24-16-18(19-9-5-6-10-20(19)24)15-23-14-11-21(22(26)17-23)25-12-7-3-4-8-13-25/h5-6,9-10,16,21-22,26H,2-4,7-8,11-15,17H2,1H3/t21-,22-/m1/s1. The van der Waals surface area contributed by atoms with E-state index < -0.39 is 0 Å². The van der Waals surface area contributed by atoms with Crippen LogP contribution in [0.3, 0.4) is 0 Å². The average Bonchev–Trinajstić information content (AvgIpc) is 2.82. The number of rotatable bonds is 4. The molecule has 26 heavy (non-hydrogen) atoms. The molecule has 2 aliphatic heterocycles. The summed E-state index contributed by atoms with van der Waals surface area (Å²) in [5, 5.41) is 12.2. The van der Waals surface area contributed by atoms with Crippen LogP contribution in [-0.2, 0) is 13.1 Å². The molecule has 0 amide bonds. The Bertz CT molecular complexity index is 717. The number of hydrogen-bond acceptors (Lipinski definition) is 3. The van der Waals surface area contributed by atoms with Gasteiger partial charge < -0.3 is 9.67 Å². The molecule has 2 aromatic rings. The molecule has 4 heteroatoms. The summed E-state index contributed by atoms with van der Waals surface area (Å²) in [5.41, 5.74) is 2.72. The van der Waals surface area contributed by atoms with Gasteiger partial charge in [-0.15, -0.1) is 0 Å². The molecular formula is C22H33N3O. The molecule has 2 saturated heterocycles. The van der Waals surface area contributed by atoms with E-state index in [1.54, 1.807) is 0 Å².